The Hall–Kier alpha value is -2.75. The van der Waals surface area contributed by atoms with Crippen LogP contribution in [0.1, 0.15) is 18.1 Å². The molecular weight excluding hydrogens is 529 g/mol. The number of benzene rings is 2. The second-order valence-electron chi connectivity index (χ2n) is 7.46. The van der Waals surface area contributed by atoms with E-state index in [2.05, 4.69) is 59.6 Å². The largest absolute Gasteiger partial charge is 0.493 e. The first kappa shape index (κ1) is 26.5. The van der Waals surface area contributed by atoms with E-state index >= 15 is 0 Å². The highest BCUT2D eigenvalue weighted by atomic mass is 127. The highest BCUT2D eigenvalue weighted by Crippen LogP contribution is 2.27. The summed E-state index contributed by atoms with van der Waals surface area (Å²) < 4.78 is 12.6. The van der Waals surface area contributed by atoms with Gasteiger partial charge in [-0.2, -0.15) is 5.10 Å². The normalized spacial score (nSPS) is 11.0. The van der Waals surface area contributed by atoms with Gasteiger partial charge in [-0.3, -0.25) is 4.99 Å². The lowest BCUT2D eigenvalue weighted by molar-refractivity contribution is 0.354. The summed E-state index contributed by atoms with van der Waals surface area (Å²) in [6.07, 6.45) is 5.50. The zero-order valence-electron chi connectivity index (χ0n) is 19.8. The lowest BCUT2D eigenvalue weighted by Crippen LogP contribution is -2.40. The minimum atomic E-state index is 0. The Bertz CT molecular complexity index is 991. The number of aliphatic imine (C=N–C) groups is 1. The van der Waals surface area contributed by atoms with Crippen molar-refractivity contribution < 1.29 is 9.47 Å². The van der Waals surface area contributed by atoms with Crippen molar-refractivity contribution in [2.24, 2.45) is 4.99 Å². The van der Waals surface area contributed by atoms with Crippen LogP contribution < -0.4 is 14.8 Å². The molecule has 0 spiro atoms. The van der Waals surface area contributed by atoms with Crippen molar-refractivity contribution in [2.45, 2.75) is 19.8 Å². The molecule has 178 valence electrons. The summed E-state index contributed by atoms with van der Waals surface area (Å²) in [4.78, 5) is 6.99. The van der Waals surface area contributed by atoms with E-state index in [1.165, 1.54) is 11.1 Å². The number of nitrogens with one attached hydrogen (secondary N) is 1. The van der Waals surface area contributed by atoms with Crippen LogP contribution in [0.4, 0.5) is 0 Å². The maximum Gasteiger partial charge on any atom is 0.193 e. The third kappa shape index (κ3) is 7.66. The summed E-state index contributed by atoms with van der Waals surface area (Å²) in [6, 6.07) is 16.4. The van der Waals surface area contributed by atoms with Crippen LogP contribution in [-0.4, -0.2) is 61.5 Å². The SMILES string of the molecule is CCNC(=NCCc1ccc(-n2cccn2)cc1)N(C)CCc1ccc(OC)c(OC)c1.I. The van der Waals surface area contributed by atoms with Gasteiger partial charge in [0.25, 0.3) is 0 Å². The zero-order chi connectivity index (χ0) is 22.8. The molecule has 1 heterocycles. The highest BCUT2D eigenvalue weighted by molar-refractivity contribution is 14.0. The number of hydrogen-bond donors (Lipinski definition) is 1. The zero-order valence-corrected chi connectivity index (χ0v) is 22.2. The quantitative estimate of drug-likeness (QED) is 0.228. The van der Waals surface area contributed by atoms with Crippen LogP contribution in [0.5, 0.6) is 11.5 Å². The molecule has 33 heavy (non-hydrogen) atoms. The fourth-order valence-electron chi connectivity index (χ4n) is 3.44. The molecule has 0 aliphatic carbocycles. The molecule has 0 aliphatic heterocycles. The molecule has 0 amide bonds. The molecule has 0 radical (unpaired) electrons. The van der Waals surface area contributed by atoms with E-state index in [0.29, 0.717) is 0 Å². The van der Waals surface area contributed by atoms with Gasteiger partial charge in [0, 0.05) is 39.1 Å². The molecule has 1 N–H and O–H groups in total. The van der Waals surface area contributed by atoms with Crippen molar-refractivity contribution in [2.75, 3.05) is 40.9 Å². The van der Waals surface area contributed by atoms with E-state index in [1.807, 2.05) is 29.1 Å². The summed E-state index contributed by atoms with van der Waals surface area (Å²) in [7, 11) is 5.38. The molecule has 0 aliphatic rings. The predicted octanol–water partition coefficient (Wildman–Crippen LogP) is 4.19. The Morgan fingerprint density at radius 2 is 1.76 bits per heavy atom. The first-order valence-electron chi connectivity index (χ1n) is 10.9. The number of likely N-dealkylation sites (N-methyl/N-ethyl adjacent to an activating group) is 1. The molecule has 0 bridgehead atoms. The number of hydrogen-bond acceptors (Lipinski definition) is 4. The molecule has 3 rings (SSSR count). The van der Waals surface area contributed by atoms with Gasteiger partial charge in [-0.15, -0.1) is 24.0 Å². The number of ether oxygens (including phenoxy) is 2. The van der Waals surface area contributed by atoms with Gasteiger partial charge in [0.05, 0.1) is 19.9 Å². The van der Waals surface area contributed by atoms with E-state index in [9.17, 15) is 0 Å². The number of rotatable bonds is 10. The van der Waals surface area contributed by atoms with E-state index in [4.69, 9.17) is 14.5 Å². The van der Waals surface area contributed by atoms with Crippen LogP contribution in [0.3, 0.4) is 0 Å². The minimum Gasteiger partial charge on any atom is -0.493 e. The van der Waals surface area contributed by atoms with Gasteiger partial charge >= 0.3 is 0 Å². The van der Waals surface area contributed by atoms with Crippen LogP contribution in [0.2, 0.25) is 0 Å². The third-order valence-electron chi connectivity index (χ3n) is 5.25. The van der Waals surface area contributed by atoms with Crippen molar-refractivity contribution in [3.63, 3.8) is 0 Å². The molecule has 3 aromatic rings. The molecule has 1 aromatic heterocycles. The Morgan fingerprint density at radius 3 is 2.39 bits per heavy atom. The summed E-state index contributed by atoms with van der Waals surface area (Å²) >= 11 is 0. The molecule has 0 saturated heterocycles. The summed E-state index contributed by atoms with van der Waals surface area (Å²) in [5.74, 6) is 2.42. The van der Waals surface area contributed by atoms with Crippen LogP contribution in [0.15, 0.2) is 65.9 Å². The number of aromatic nitrogens is 2. The second kappa shape index (κ2) is 13.7. The molecule has 7 nitrogen and oxygen atoms in total. The maximum absolute atomic E-state index is 5.41. The van der Waals surface area contributed by atoms with E-state index in [0.717, 1.165) is 55.6 Å². The first-order chi connectivity index (χ1) is 15.6. The fraction of sp³-hybridized carbons (Fsp3) is 0.360. The minimum absolute atomic E-state index is 0. The Morgan fingerprint density at radius 1 is 1.03 bits per heavy atom. The van der Waals surface area contributed by atoms with Crippen molar-refractivity contribution in [3.05, 3.63) is 72.1 Å². The van der Waals surface area contributed by atoms with Gasteiger partial charge in [-0.05, 0) is 61.2 Å². The van der Waals surface area contributed by atoms with Crippen LogP contribution in [0.25, 0.3) is 5.69 Å². The monoisotopic (exact) mass is 563 g/mol. The molecule has 0 fully saturated rings. The fourth-order valence-corrected chi connectivity index (χ4v) is 3.44. The van der Waals surface area contributed by atoms with Gasteiger partial charge in [-0.25, -0.2) is 4.68 Å². The van der Waals surface area contributed by atoms with Gasteiger partial charge in [0.2, 0.25) is 0 Å². The Kier molecular flexibility index (Phi) is 11.0. The van der Waals surface area contributed by atoms with Crippen molar-refractivity contribution in [3.8, 4) is 17.2 Å². The number of halogens is 1. The van der Waals surface area contributed by atoms with Gasteiger partial charge in [0.1, 0.15) is 0 Å². The van der Waals surface area contributed by atoms with E-state index < -0.39 is 0 Å². The average Bonchev–Trinajstić information content (AvgIpc) is 3.37. The molecule has 8 heteroatoms. The highest BCUT2D eigenvalue weighted by Gasteiger charge is 2.08. The summed E-state index contributed by atoms with van der Waals surface area (Å²) in [5.41, 5.74) is 3.52. The van der Waals surface area contributed by atoms with Gasteiger partial charge in [0.15, 0.2) is 17.5 Å². The lowest BCUT2D eigenvalue weighted by Gasteiger charge is -2.22. The smallest absolute Gasteiger partial charge is 0.193 e. The Balaban J connectivity index is 0.00000385. The third-order valence-corrected chi connectivity index (χ3v) is 5.25. The van der Waals surface area contributed by atoms with Gasteiger partial charge in [-0.1, -0.05) is 18.2 Å². The average molecular weight is 563 g/mol. The van der Waals surface area contributed by atoms with Crippen molar-refractivity contribution >= 4 is 29.9 Å². The molecule has 2 aromatic carbocycles. The maximum atomic E-state index is 5.41. The van der Waals surface area contributed by atoms with Crippen LogP contribution in [-0.2, 0) is 12.8 Å². The van der Waals surface area contributed by atoms with E-state index in [-0.39, 0.29) is 24.0 Å². The van der Waals surface area contributed by atoms with Crippen molar-refractivity contribution in [1.29, 1.82) is 0 Å². The van der Waals surface area contributed by atoms with Crippen molar-refractivity contribution in [1.82, 2.24) is 20.0 Å². The predicted molar refractivity (Wildman–Crippen MR) is 145 cm³/mol. The topological polar surface area (TPSA) is 63.9 Å². The van der Waals surface area contributed by atoms with E-state index in [1.54, 1.807) is 20.4 Å². The Labute approximate surface area is 213 Å². The standard InChI is InChI=1S/C25H33N5O2.HI/c1-5-26-25(29(2)18-14-21-9-12-23(31-3)24(19-21)32-4)27-16-13-20-7-10-22(11-8-20)30-17-6-15-28-30;/h6-12,15,17,19H,5,13-14,16,18H2,1-4H3,(H,26,27);1H. The number of guanidine groups is 1. The molecule has 0 unspecified atom stereocenters. The number of nitrogens with zero attached hydrogens (tertiary/aromatic N) is 4. The van der Waals surface area contributed by atoms with Crippen LogP contribution >= 0.6 is 24.0 Å². The van der Waals surface area contributed by atoms with Crippen LogP contribution in [0, 0.1) is 0 Å². The summed E-state index contributed by atoms with van der Waals surface area (Å²) in [5, 5.41) is 7.66. The first-order valence-corrected chi connectivity index (χ1v) is 10.9. The molecular formula is C25H34IN5O2. The molecule has 0 saturated carbocycles. The lowest BCUT2D eigenvalue weighted by atomic mass is 10.1. The second-order valence-corrected chi connectivity index (χ2v) is 7.46. The number of methoxy groups -OCH3 is 2. The van der Waals surface area contributed by atoms with Gasteiger partial charge < -0.3 is 19.7 Å². The summed E-state index contributed by atoms with van der Waals surface area (Å²) in [6.45, 7) is 4.49. The molecule has 0 atom stereocenters.